The van der Waals surface area contributed by atoms with Crippen LogP contribution in [-0.4, -0.2) is 11.7 Å². The average Bonchev–Trinajstić information content (AvgIpc) is 2.29. The van der Waals surface area contributed by atoms with Gasteiger partial charge in [-0.25, -0.2) is 8.78 Å². The molecule has 0 saturated carbocycles. The minimum atomic E-state index is -4.06. The van der Waals surface area contributed by atoms with Crippen molar-refractivity contribution in [3.8, 4) is 0 Å². The molecule has 0 saturated heterocycles. The monoisotopic (exact) mass is 204 g/mol. The lowest BCUT2D eigenvalue weighted by Crippen LogP contribution is -2.26. The molecule has 1 aromatic rings. The summed E-state index contributed by atoms with van der Waals surface area (Å²) in [7, 11) is 0. The highest BCUT2D eigenvalue weighted by molar-refractivity contribution is 6.06. The number of carbonyl (C=O) groups is 1. The van der Waals surface area contributed by atoms with Crippen LogP contribution in [0.15, 0.2) is 18.2 Å². The van der Waals surface area contributed by atoms with Gasteiger partial charge in [-0.1, -0.05) is 0 Å². The lowest BCUT2D eigenvalue weighted by molar-refractivity contribution is -0.0364. The van der Waals surface area contributed by atoms with E-state index in [1.165, 1.54) is 0 Å². The molecule has 0 aromatic heterocycles. The summed E-state index contributed by atoms with van der Waals surface area (Å²) >= 11 is 0. The van der Waals surface area contributed by atoms with Crippen LogP contribution in [0.2, 0.25) is 0 Å². The van der Waals surface area contributed by atoms with Crippen LogP contribution < -0.4 is 0 Å². The minimum Gasteiger partial charge on any atom is -0.287 e. The summed E-state index contributed by atoms with van der Waals surface area (Å²) < 4.78 is 51.2. The molecular formula is C9H4F4O. The van der Waals surface area contributed by atoms with Crippen molar-refractivity contribution in [2.45, 2.75) is 12.1 Å². The molecule has 0 heterocycles. The zero-order chi connectivity index (χ0) is 10.5. The van der Waals surface area contributed by atoms with E-state index in [0.29, 0.717) is 6.07 Å². The van der Waals surface area contributed by atoms with E-state index in [0.717, 1.165) is 12.1 Å². The number of alkyl halides is 3. The third-order valence-corrected chi connectivity index (χ3v) is 2.15. The highest BCUT2D eigenvalue weighted by Gasteiger charge is 2.56. The first-order chi connectivity index (χ1) is 6.44. The molecule has 0 unspecified atom stereocenters. The molecule has 14 heavy (non-hydrogen) atoms. The predicted molar refractivity (Wildman–Crippen MR) is 39.5 cm³/mol. The maximum absolute atomic E-state index is 13.0. The third-order valence-electron chi connectivity index (χ3n) is 2.15. The number of hydrogen-bond donors (Lipinski definition) is 0. The first kappa shape index (κ1) is 9.18. The summed E-state index contributed by atoms with van der Waals surface area (Å²) in [6.07, 6.45) is -2.74. The van der Waals surface area contributed by atoms with Crippen molar-refractivity contribution in [3.63, 3.8) is 0 Å². The van der Waals surface area contributed by atoms with Crippen molar-refractivity contribution in [1.29, 1.82) is 0 Å². The van der Waals surface area contributed by atoms with Gasteiger partial charge in [-0.3, -0.25) is 4.79 Å². The van der Waals surface area contributed by atoms with Crippen LogP contribution in [0.1, 0.15) is 22.1 Å². The van der Waals surface area contributed by atoms with Crippen LogP contribution in [0.3, 0.4) is 0 Å². The second-order valence-electron chi connectivity index (χ2n) is 3.05. The topological polar surface area (TPSA) is 17.1 Å². The number of halogens is 4. The summed E-state index contributed by atoms with van der Waals surface area (Å²) in [5.74, 6) is -6.48. The maximum Gasteiger partial charge on any atom is 0.344 e. The molecule has 0 aliphatic heterocycles. The largest absolute Gasteiger partial charge is 0.344 e. The Kier molecular flexibility index (Phi) is 1.68. The van der Waals surface area contributed by atoms with Gasteiger partial charge in [0.15, 0.2) is 6.17 Å². The SMILES string of the molecule is O=C1c2ccc(F)cc2[C@H](F)C1(F)F. The van der Waals surface area contributed by atoms with Crippen molar-refractivity contribution in [2.75, 3.05) is 0 Å². The van der Waals surface area contributed by atoms with E-state index < -0.39 is 34.8 Å². The molecule has 5 heteroatoms. The number of benzene rings is 1. The van der Waals surface area contributed by atoms with E-state index in [4.69, 9.17) is 0 Å². The van der Waals surface area contributed by atoms with Gasteiger partial charge in [0.05, 0.1) is 0 Å². The second-order valence-corrected chi connectivity index (χ2v) is 3.05. The van der Waals surface area contributed by atoms with Crippen molar-refractivity contribution in [1.82, 2.24) is 0 Å². The molecule has 0 amide bonds. The zero-order valence-electron chi connectivity index (χ0n) is 6.73. The summed E-state index contributed by atoms with van der Waals surface area (Å²) in [4.78, 5) is 10.9. The number of rotatable bonds is 0. The van der Waals surface area contributed by atoms with Crippen molar-refractivity contribution in [2.24, 2.45) is 0 Å². The Morgan fingerprint density at radius 3 is 2.57 bits per heavy atom. The summed E-state index contributed by atoms with van der Waals surface area (Å²) in [5, 5.41) is 0. The van der Waals surface area contributed by atoms with Gasteiger partial charge in [-0.05, 0) is 18.2 Å². The highest BCUT2D eigenvalue weighted by Crippen LogP contribution is 2.45. The maximum atomic E-state index is 13.0. The smallest absolute Gasteiger partial charge is 0.287 e. The Labute approximate surface area is 76.3 Å². The Balaban J connectivity index is 2.65. The van der Waals surface area contributed by atoms with E-state index >= 15 is 0 Å². The molecule has 1 aliphatic rings. The number of hydrogen-bond acceptors (Lipinski definition) is 1. The summed E-state index contributed by atoms with van der Waals surface area (Å²) in [5.41, 5.74) is -1.01. The van der Waals surface area contributed by atoms with Crippen LogP contribution >= 0.6 is 0 Å². The van der Waals surface area contributed by atoms with E-state index in [9.17, 15) is 22.4 Å². The molecule has 1 atom stereocenters. The second kappa shape index (κ2) is 2.56. The lowest BCUT2D eigenvalue weighted by atomic mass is 10.1. The van der Waals surface area contributed by atoms with Gasteiger partial charge >= 0.3 is 5.92 Å². The Morgan fingerprint density at radius 2 is 1.93 bits per heavy atom. The Morgan fingerprint density at radius 1 is 1.29 bits per heavy atom. The molecule has 0 fully saturated rings. The molecular weight excluding hydrogens is 200 g/mol. The first-order valence-corrected chi connectivity index (χ1v) is 3.80. The van der Waals surface area contributed by atoms with Gasteiger partial charge in [-0.2, -0.15) is 8.78 Å². The van der Waals surface area contributed by atoms with Crippen LogP contribution in [0, 0.1) is 5.82 Å². The minimum absolute atomic E-state index is 0.441. The van der Waals surface area contributed by atoms with Crippen molar-refractivity contribution >= 4 is 5.78 Å². The van der Waals surface area contributed by atoms with Crippen molar-refractivity contribution < 1.29 is 22.4 Å². The summed E-state index contributed by atoms with van der Waals surface area (Å²) in [6, 6.07) is 2.35. The molecule has 1 nitrogen and oxygen atoms in total. The Bertz CT molecular complexity index is 413. The van der Waals surface area contributed by atoms with Gasteiger partial charge in [0.1, 0.15) is 5.82 Å². The van der Waals surface area contributed by atoms with Gasteiger partial charge in [0.25, 0.3) is 0 Å². The fourth-order valence-corrected chi connectivity index (χ4v) is 1.44. The zero-order valence-corrected chi connectivity index (χ0v) is 6.73. The quantitative estimate of drug-likeness (QED) is 0.594. The Hall–Kier alpha value is -1.39. The number of Topliss-reactive ketones (excluding diaryl/α,β-unsaturated/α-hetero) is 1. The standard InChI is InChI=1S/C9H4F4O/c10-4-1-2-5-6(3-4)7(11)9(12,13)8(5)14/h1-3,7H/t7-/m0/s1. The van der Waals surface area contributed by atoms with E-state index in [1.807, 2.05) is 0 Å². The van der Waals surface area contributed by atoms with Crippen molar-refractivity contribution in [3.05, 3.63) is 35.1 Å². The molecule has 74 valence electrons. The van der Waals surface area contributed by atoms with Crippen LogP contribution in [0.5, 0.6) is 0 Å². The predicted octanol–water partition coefficient (Wildman–Crippen LogP) is 2.67. The average molecular weight is 204 g/mol. The van der Waals surface area contributed by atoms with Crippen LogP contribution in [-0.2, 0) is 0 Å². The molecule has 1 aromatic carbocycles. The fraction of sp³-hybridized carbons (Fsp3) is 0.222. The first-order valence-electron chi connectivity index (χ1n) is 3.80. The third kappa shape index (κ3) is 0.981. The molecule has 0 N–H and O–H groups in total. The fourth-order valence-electron chi connectivity index (χ4n) is 1.44. The van der Waals surface area contributed by atoms with E-state index in [-0.39, 0.29) is 0 Å². The molecule has 0 radical (unpaired) electrons. The van der Waals surface area contributed by atoms with Gasteiger partial charge in [-0.15, -0.1) is 0 Å². The van der Waals surface area contributed by atoms with Gasteiger partial charge in [0.2, 0.25) is 5.78 Å². The van der Waals surface area contributed by atoms with Gasteiger partial charge in [0, 0.05) is 11.1 Å². The number of ketones is 1. The molecule has 1 aliphatic carbocycles. The lowest BCUT2D eigenvalue weighted by Gasteiger charge is -2.08. The molecule has 2 rings (SSSR count). The van der Waals surface area contributed by atoms with Crippen LogP contribution in [0.25, 0.3) is 0 Å². The molecule has 0 spiro atoms. The van der Waals surface area contributed by atoms with E-state index in [1.54, 1.807) is 0 Å². The normalized spacial score (nSPS) is 23.7. The highest BCUT2D eigenvalue weighted by atomic mass is 19.3. The van der Waals surface area contributed by atoms with E-state index in [2.05, 4.69) is 0 Å². The molecule has 0 bridgehead atoms. The van der Waals surface area contributed by atoms with Gasteiger partial charge < -0.3 is 0 Å². The van der Waals surface area contributed by atoms with Crippen LogP contribution in [0.4, 0.5) is 17.6 Å². The number of fused-ring (bicyclic) bond motifs is 1. The summed E-state index contributed by atoms with van der Waals surface area (Å²) in [6.45, 7) is 0. The number of carbonyl (C=O) groups excluding carboxylic acids is 1.